The number of carboxylic acid groups (broad SMARTS) is 1. The van der Waals surface area contributed by atoms with Crippen molar-refractivity contribution in [3.05, 3.63) is 53.5 Å². The topological polar surface area (TPSA) is 137 Å². The number of carbonyl (C=O) groups excluding carboxylic acids is 2. The number of aromatic nitrogens is 2. The van der Waals surface area contributed by atoms with E-state index in [-0.39, 0.29) is 24.9 Å². The van der Waals surface area contributed by atoms with E-state index in [4.69, 9.17) is 0 Å². The highest BCUT2D eigenvalue weighted by Crippen LogP contribution is 2.20. The van der Waals surface area contributed by atoms with Gasteiger partial charge in [0.15, 0.2) is 0 Å². The zero-order valence-corrected chi connectivity index (χ0v) is 18.3. The average Bonchev–Trinajstić information content (AvgIpc) is 3.16. The lowest BCUT2D eigenvalue weighted by Crippen LogP contribution is -2.43. The Balaban J connectivity index is 1.29. The van der Waals surface area contributed by atoms with Gasteiger partial charge in [0.25, 0.3) is 0 Å². The van der Waals surface area contributed by atoms with Crippen LogP contribution in [0.3, 0.4) is 0 Å². The van der Waals surface area contributed by atoms with E-state index in [1.54, 1.807) is 18.3 Å². The Labute approximate surface area is 191 Å². The molecule has 2 atom stereocenters. The van der Waals surface area contributed by atoms with E-state index < -0.39 is 17.9 Å². The summed E-state index contributed by atoms with van der Waals surface area (Å²) in [5, 5.41) is 18.5. The molecule has 10 nitrogen and oxygen atoms in total. The molecule has 1 fully saturated rings. The minimum Gasteiger partial charge on any atom is -0.481 e. The molecule has 2 aromatic heterocycles. The Kier molecular flexibility index (Phi) is 7.13. The molecule has 10 heteroatoms. The van der Waals surface area contributed by atoms with Gasteiger partial charge in [-0.25, -0.2) is 4.98 Å². The fourth-order valence-electron chi connectivity index (χ4n) is 4.20. The van der Waals surface area contributed by atoms with Crippen molar-refractivity contribution < 1.29 is 19.5 Å². The molecule has 2 aliphatic heterocycles. The van der Waals surface area contributed by atoms with Crippen LogP contribution >= 0.6 is 0 Å². The van der Waals surface area contributed by atoms with Gasteiger partial charge in [-0.1, -0.05) is 12.1 Å². The monoisotopic (exact) mass is 452 g/mol. The quantitative estimate of drug-likeness (QED) is 0.440. The van der Waals surface area contributed by atoms with Crippen molar-refractivity contribution >= 4 is 23.6 Å². The Morgan fingerprint density at radius 3 is 2.97 bits per heavy atom. The predicted octanol–water partition coefficient (Wildman–Crippen LogP) is 0.857. The van der Waals surface area contributed by atoms with E-state index in [1.165, 1.54) is 16.7 Å². The van der Waals surface area contributed by atoms with Crippen molar-refractivity contribution in [1.82, 2.24) is 25.5 Å². The number of amides is 2. The number of hydrogen-bond donors (Lipinski definition) is 4. The molecule has 0 aromatic carbocycles. The standard InChI is InChI=1S/C23H28N6O4/c30-20(28-19(11-21(31)32)16-4-1-8-24-12-16)14-29-10-7-18(23(29)33)26-13-17-6-5-15-3-2-9-25-22(15)27-17/h1,4-6,8,12,18-19,26H,2-3,7,9-11,13-14H2,(H,25,27)(H,28,30)(H,31,32)/t18-,19?/m0/s1. The van der Waals surface area contributed by atoms with E-state index in [9.17, 15) is 19.5 Å². The Hall–Kier alpha value is -3.53. The summed E-state index contributed by atoms with van der Waals surface area (Å²) in [4.78, 5) is 46.7. The second kappa shape index (κ2) is 10.4. The zero-order chi connectivity index (χ0) is 23.2. The van der Waals surface area contributed by atoms with E-state index in [1.807, 2.05) is 6.07 Å². The van der Waals surface area contributed by atoms with Crippen molar-refractivity contribution in [3.8, 4) is 0 Å². The lowest BCUT2D eigenvalue weighted by molar-refractivity contribution is -0.138. The molecule has 1 saturated heterocycles. The third kappa shape index (κ3) is 5.83. The summed E-state index contributed by atoms with van der Waals surface area (Å²) in [6.07, 6.45) is 5.56. The fourth-order valence-corrected chi connectivity index (χ4v) is 4.20. The number of pyridine rings is 2. The molecule has 0 spiro atoms. The van der Waals surface area contributed by atoms with E-state index >= 15 is 0 Å². The third-order valence-electron chi connectivity index (χ3n) is 5.91. The van der Waals surface area contributed by atoms with Gasteiger partial charge in [0.05, 0.1) is 30.7 Å². The van der Waals surface area contributed by atoms with Crippen LogP contribution in [0.15, 0.2) is 36.7 Å². The van der Waals surface area contributed by atoms with Crippen molar-refractivity contribution in [2.45, 2.75) is 44.3 Å². The maximum absolute atomic E-state index is 12.8. The van der Waals surface area contributed by atoms with Crippen LogP contribution in [0.25, 0.3) is 0 Å². The maximum atomic E-state index is 12.8. The summed E-state index contributed by atoms with van der Waals surface area (Å²) in [6, 6.07) is 6.37. The Morgan fingerprint density at radius 2 is 2.18 bits per heavy atom. The van der Waals surface area contributed by atoms with Gasteiger partial charge in [-0.05, 0) is 42.5 Å². The van der Waals surface area contributed by atoms with Crippen LogP contribution in [-0.4, -0.2) is 63.4 Å². The van der Waals surface area contributed by atoms with E-state index in [0.717, 1.165) is 30.9 Å². The van der Waals surface area contributed by atoms with Crippen molar-refractivity contribution in [2.24, 2.45) is 0 Å². The van der Waals surface area contributed by atoms with Gasteiger partial charge in [0, 0.05) is 32.0 Å². The number of nitrogens with one attached hydrogen (secondary N) is 3. The van der Waals surface area contributed by atoms with Crippen LogP contribution in [0, 0.1) is 0 Å². The van der Waals surface area contributed by atoms with Gasteiger partial charge < -0.3 is 26.0 Å². The van der Waals surface area contributed by atoms with Gasteiger partial charge in [-0.3, -0.25) is 19.4 Å². The second-order valence-corrected chi connectivity index (χ2v) is 8.33. The lowest BCUT2D eigenvalue weighted by Gasteiger charge is -2.21. The summed E-state index contributed by atoms with van der Waals surface area (Å²) >= 11 is 0. The molecule has 4 rings (SSSR count). The molecule has 0 saturated carbocycles. The molecule has 4 heterocycles. The number of aliphatic carboxylic acids is 1. The summed E-state index contributed by atoms with van der Waals surface area (Å²) in [7, 11) is 0. The molecule has 33 heavy (non-hydrogen) atoms. The number of fused-ring (bicyclic) bond motifs is 1. The molecular formula is C23H28N6O4. The van der Waals surface area contributed by atoms with E-state index in [2.05, 4.69) is 32.0 Å². The van der Waals surface area contributed by atoms with Crippen LogP contribution in [0.4, 0.5) is 5.82 Å². The van der Waals surface area contributed by atoms with Gasteiger partial charge in [0.1, 0.15) is 5.82 Å². The number of carbonyl (C=O) groups is 3. The van der Waals surface area contributed by atoms with Crippen LogP contribution in [-0.2, 0) is 27.3 Å². The smallest absolute Gasteiger partial charge is 0.305 e. The number of carboxylic acids is 1. The van der Waals surface area contributed by atoms with Crippen LogP contribution in [0.1, 0.15) is 42.1 Å². The first-order chi connectivity index (χ1) is 16.0. The van der Waals surface area contributed by atoms with Gasteiger partial charge >= 0.3 is 5.97 Å². The summed E-state index contributed by atoms with van der Waals surface area (Å²) < 4.78 is 0. The number of aryl methyl sites for hydroxylation is 1. The number of rotatable bonds is 9. The number of anilines is 1. The largest absolute Gasteiger partial charge is 0.481 e. The molecule has 174 valence electrons. The third-order valence-corrected chi connectivity index (χ3v) is 5.91. The van der Waals surface area contributed by atoms with Crippen LogP contribution in [0.2, 0.25) is 0 Å². The average molecular weight is 453 g/mol. The van der Waals surface area contributed by atoms with Crippen molar-refractivity contribution in [1.29, 1.82) is 0 Å². The molecule has 0 aliphatic carbocycles. The first-order valence-electron chi connectivity index (χ1n) is 11.2. The normalized spacial score (nSPS) is 18.4. The van der Waals surface area contributed by atoms with Crippen molar-refractivity contribution in [3.63, 3.8) is 0 Å². The SMILES string of the molecule is O=C(O)CC(NC(=O)CN1CC[C@H](NCc2ccc3c(n2)NCCC3)C1=O)c1cccnc1. The highest BCUT2D eigenvalue weighted by atomic mass is 16.4. The van der Waals surface area contributed by atoms with Gasteiger partial charge in [-0.15, -0.1) is 0 Å². The molecule has 2 aliphatic rings. The highest BCUT2D eigenvalue weighted by molar-refractivity contribution is 5.89. The number of likely N-dealkylation sites (tertiary alicyclic amines) is 1. The van der Waals surface area contributed by atoms with Gasteiger partial charge in [0.2, 0.25) is 11.8 Å². The molecule has 2 aromatic rings. The fraction of sp³-hybridized carbons (Fsp3) is 0.435. The molecule has 0 radical (unpaired) electrons. The van der Waals surface area contributed by atoms with Crippen LogP contribution in [0.5, 0.6) is 0 Å². The number of hydrogen-bond acceptors (Lipinski definition) is 7. The molecule has 0 bridgehead atoms. The summed E-state index contributed by atoms with van der Waals surface area (Å²) in [6.45, 7) is 1.73. The predicted molar refractivity (Wildman–Crippen MR) is 120 cm³/mol. The Bertz CT molecular complexity index is 1020. The molecule has 1 unspecified atom stereocenters. The first-order valence-corrected chi connectivity index (χ1v) is 11.2. The molecule has 2 amide bonds. The molecular weight excluding hydrogens is 424 g/mol. The lowest BCUT2D eigenvalue weighted by atomic mass is 10.1. The van der Waals surface area contributed by atoms with Crippen molar-refractivity contribution in [2.75, 3.05) is 25.0 Å². The van der Waals surface area contributed by atoms with Gasteiger partial charge in [-0.2, -0.15) is 0 Å². The highest BCUT2D eigenvalue weighted by Gasteiger charge is 2.33. The Morgan fingerprint density at radius 1 is 1.30 bits per heavy atom. The maximum Gasteiger partial charge on any atom is 0.305 e. The molecule has 4 N–H and O–H groups in total. The number of nitrogens with zero attached hydrogens (tertiary/aromatic N) is 3. The second-order valence-electron chi connectivity index (χ2n) is 8.33. The first kappa shape index (κ1) is 22.7. The van der Waals surface area contributed by atoms with E-state index in [0.29, 0.717) is 25.1 Å². The summed E-state index contributed by atoms with van der Waals surface area (Å²) in [5.41, 5.74) is 2.68. The minimum atomic E-state index is -1.03. The van der Waals surface area contributed by atoms with Crippen LogP contribution < -0.4 is 16.0 Å². The zero-order valence-electron chi connectivity index (χ0n) is 18.3. The summed E-state index contributed by atoms with van der Waals surface area (Å²) in [5.74, 6) is -0.656. The minimum absolute atomic E-state index is 0.117.